The van der Waals surface area contributed by atoms with E-state index in [1.54, 1.807) is 6.07 Å². The van der Waals surface area contributed by atoms with Crippen molar-refractivity contribution in [3.05, 3.63) is 29.8 Å². The maximum Gasteiger partial charge on any atom is 1.00 e. The Kier molecular flexibility index (Phi) is 31.2. The smallest absolute Gasteiger partial charge is 0.744 e. The van der Waals surface area contributed by atoms with Crippen molar-refractivity contribution in [2.45, 2.75) is 204 Å². The Morgan fingerprint density at radius 1 is 0.476 bits per heavy atom. The van der Waals surface area contributed by atoms with E-state index in [1.165, 1.54) is 192 Å². The van der Waals surface area contributed by atoms with Crippen molar-refractivity contribution in [1.29, 1.82) is 0 Å². The Bertz CT molecular complexity index is 796. The Hall–Kier alpha value is 0.130. The van der Waals surface area contributed by atoms with Gasteiger partial charge in [-0.05, 0) is 30.5 Å². The molecule has 0 amide bonds. The van der Waals surface area contributed by atoms with Gasteiger partial charge in [-0.15, -0.1) is 0 Å². The molecule has 0 saturated carbocycles. The first-order valence-electron chi connectivity index (χ1n) is 18.1. The monoisotopic (exact) mass is 614 g/mol. The average Bonchev–Trinajstić information content (AvgIpc) is 2.96. The Balaban J connectivity index is 0.0000168. The van der Waals surface area contributed by atoms with E-state index in [9.17, 15) is 13.0 Å². The molecule has 0 unspecified atom stereocenters. The Morgan fingerprint density at radius 2 is 0.762 bits per heavy atom. The van der Waals surface area contributed by atoms with Crippen LogP contribution in [0.5, 0.6) is 0 Å². The summed E-state index contributed by atoms with van der Waals surface area (Å²) in [6, 6.07) is 6.50. The summed E-state index contributed by atoms with van der Waals surface area (Å²) in [4.78, 5) is -0.106. The number of hydrogen-bond donors (Lipinski definition) is 0. The largest absolute Gasteiger partial charge is 1.00 e. The quantitative estimate of drug-likeness (QED) is 0.0475. The van der Waals surface area contributed by atoms with E-state index in [0.29, 0.717) is 0 Å². The number of rotatable bonds is 31. The topological polar surface area (TPSA) is 57.2 Å². The fraction of sp³-hybridized carbons (Fsp3) is 0.838. The first-order chi connectivity index (χ1) is 20.0. The van der Waals surface area contributed by atoms with Gasteiger partial charge in [-0.2, -0.15) is 0 Å². The molecule has 0 aliphatic carbocycles. The molecule has 0 spiro atoms. The molecule has 0 aliphatic rings. The molecule has 3 nitrogen and oxygen atoms in total. The van der Waals surface area contributed by atoms with Crippen LogP contribution in [-0.4, -0.2) is 13.0 Å². The SMILES string of the molecule is CCCCCCCCCCCCCCCCCCCCCCCCCCCCCCCc1cccc(S(=O)(=O)[O-])c1.[Na+]. The van der Waals surface area contributed by atoms with Gasteiger partial charge in [-0.1, -0.05) is 199 Å². The van der Waals surface area contributed by atoms with E-state index in [1.807, 2.05) is 6.07 Å². The fourth-order valence-corrected chi connectivity index (χ4v) is 6.57. The summed E-state index contributed by atoms with van der Waals surface area (Å²) in [6.07, 6.45) is 41.5. The van der Waals surface area contributed by atoms with Gasteiger partial charge < -0.3 is 4.55 Å². The molecule has 0 atom stereocenters. The second-order valence-electron chi connectivity index (χ2n) is 12.8. The van der Waals surface area contributed by atoms with Crippen LogP contribution in [0.1, 0.15) is 199 Å². The maximum atomic E-state index is 11.1. The molecule has 0 saturated heterocycles. The summed E-state index contributed by atoms with van der Waals surface area (Å²) in [5.41, 5.74) is 0.951. The van der Waals surface area contributed by atoms with Crippen LogP contribution in [0.25, 0.3) is 0 Å². The predicted octanol–water partition coefficient (Wildman–Crippen LogP) is 9.47. The Morgan fingerprint density at radius 3 is 1.05 bits per heavy atom. The molecule has 0 heterocycles. The van der Waals surface area contributed by atoms with Crippen LogP contribution in [0.2, 0.25) is 0 Å². The molecule has 1 rings (SSSR count). The predicted molar refractivity (Wildman–Crippen MR) is 178 cm³/mol. The van der Waals surface area contributed by atoms with E-state index in [4.69, 9.17) is 0 Å². The van der Waals surface area contributed by atoms with Crippen molar-refractivity contribution in [2.24, 2.45) is 0 Å². The van der Waals surface area contributed by atoms with Gasteiger partial charge in [0.05, 0.1) is 4.90 Å². The van der Waals surface area contributed by atoms with Crippen molar-refractivity contribution >= 4 is 10.1 Å². The molecular formula is C37H67NaO3S. The second-order valence-corrected chi connectivity index (χ2v) is 14.1. The van der Waals surface area contributed by atoms with Crippen LogP contribution >= 0.6 is 0 Å². The summed E-state index contributed by atoms with van der Waals surface area (Å²) in [6.45, 7) is 2.30. The fourth-order valence-electron chi connectivity index (χ4n) is 6.03. The number of hydrogen-bond acceptors (Lipinski definition) is 3. The van der Waals surface area contributed by atoms with Crippen molar-refractivity contribution < 1.29 is 42.5 Å². The number of benzene rings is 1. The van der Waals surface area contributed by atoms with Crippen LogP contribution in [0.15, 0.2) is 29.2 Å². The zero-order valence-corrected chi connectivity index (χ0v) is 31.0. The minimum atomic E-state index is -4.35. The first kappa shape index (κ1) is 42.1. The second kappa shape index (κ2) is 31.1. The molecule has 0 bridgehead atoms. The van der Waals surface area contributed by atoms with Gasteiger partial charge in [0.15, 0.2) is 0 Å². The average molecular weight is 615 g/mol. The van der Waals surface area contributed by atoms with E-state index in [2.05, 4.69) is 6.92 Å². The van der Waals surface area contributed by atoms with E-state index in [-0.39, 0.29) is 34.5 Å². The zero-order chi connectivity index (χ0) is 29.7. The van der Waals surface area contributed by atoms with E-state index in [0.717, 1.165) is 18.4 Å². The van der Waals surface area contributed by atoms with Gasteiger partial charge in [0, 0.05) is 0 Å². The van der Waals surface area contributed by atoms with Crippen LogP contribution in [0, 0.1) is 0 Å². The molecule has 0 radical (unpaired) electrons. The summed E-state index contributed by atoms with van der Waals surface area (Å²) in [7, 11) is -4.35. The van der Waals surface area contributed by atoms with Crippen LogP contribution in [-0.2, 0) is 16.5 Å². The minimum Gasteiger partial charge on any atom is -0.744 e. The van der Waals surface area contributed by atoms with E-state index >= 15 is 0 Å². The Labute approximate surface area is 285 Å². The van der Waals surface area contributed by atoms with Gasteiger partial charge in [-0.25, -0.2) is 8.42 Å². The number of unbranched alkanes of at least 4 members (excludes halogenated alkanes) is 28. The van der Waals surface area contributed by atoms with Crippen LogP contribution < -0.4 is 29.6 Å². The summed E-state index contributed by atoms with van der Waals surface area (Å²) in [5, 5.41) is 0. The van der Waals surface area contributed by atoms with Crippen LogP contribution in [0.4, 0.5) is 0 Å². The molecule has 0 N–H and O–H groups in total. The molecule has 0 aliphatic heterocycles. The molecular weight excluding hydrogens is 547 g/mol. The van der Waals surface area contributed by atoms with Gasteiger partial charge >= 0.3 is 29.6 Å². The van der Waals surface area contributed by atoms with Crippen molar-refractivity contribution in [2.75, 3.05) is 0 Å². The molecule has 5 heteroatoms. The van der Waals surface area contributed by atoms with Crippen LogP contribution in [0.3, 0.4) is 0 Å². The molecule has 240 valence electrons. The molecule has 42 heavy (non-hydrogen) atoms. The van der Waals surface area contributed by atoms with Crippen molar-refractivity contribution in [1.82, 2.24) is 0 Å². The van der Waals surface area contributed by atoms with Gasteiger partial charge in [0.1, 0.15) is 10.1 Å². The molecule has 0 fully saturated rings. The minimum absolute atomic E-state index is 0. The number of aryl methyl sites for hydroxylation is 1. The summed E-state index contributed by atoms with van der Waals surface area (Å²) >= 11 is 0. The zero-order valence-electron chi connectivity index (χ0n) is 28.2. The normalized spacial score (nSPS) is 11.6. The first-order valence-corrected chi connectivity index (χ1v) is 19.5. The summed E-state index contributed by atoms with van der Waals surface area (Å²) < 4.78 is 33.4. The molecule has 1 aromatic carbocycles. The van der Waals surface area contributed by atoms with Gasteiger partial charge in [-0.3, -0.25) is 0 Å². The molecule has 1 aromatic rings. The third-order valence-electron chi connectivity index (χ3n) is 8.76. The summed E-state index contributed by atoms with van der Waals surface area (Å²) in [5.74, 6) is 0. The standard InChI is InChI=1S/C37H68O3S.Na/c1-2-3-4-5-6-7-8-9-10-11-12-13-14-15-16-17-18-19-20-21-22-23-24-25-26-27-28-29-30-32-36-33-31-34-37(35-36)41(38,39)40;/h31,33-35H,2-30,32H2,1H3,(H,38,39,40);/q;+1/p-1. The molecule has 0 aromatic heterocycles. The third-order valence-corrected chi connectivity index (χ3v) is 9.59. The third kappa shape index (κ3) is 27.7. The van der Waals surface area contributed by atoms with Crippen molar-refractivity contribution in [3.63, 3.8) is 0 Å². The van der Waals surface area contributed by atoms with Gasteiger partial charge in [0.25, 0.3) is 0 Å². The van der Waals surface area contributed by atoms with E-state index < -0.39 is 10.1 Å². The van der Waals surface area contributed by atoms with Gasteiger partial charge in [0.2, 0.25) is 0 Å². The maximum absolute atomic E-state index is 11.1. The van der Waals surface area contributed by atoms with Crippen molar-refractivity contribution in [3.8, 4) is 0 Å².